The van der Waals surface area contributed by atoms with E-state index in [9.17, 15) is 19.5 Å². The van der Waals surface area contributed by atoms with Crippen LogP contribution in [-0.2, 0) is 14.3 Å². The van der Waals surface area contributed by atoms with E-state index in [-0.39, 0.29) is 48.4 Å². The van der Waals surface area contributed by atoms with Crippen molar-refractivity contribution in [3.8, 4) is 5.75 Å². The third-order valence-electron chi connectivity index (χ3n) is 9.13. The van der Waals surface area contributed by atoms with E-state index >= 15 is 0 Å². The average molecular weight is 631 g/mol. The number of carbonyl (C=O) groups is 3. The van der Waals surface area contributed by atoms with Gasteiger partial charge >= 0.3 is 0 Å². The van der Waals surface area contributed by atoms with Crippen LogP contribution in [0.5, 0.6) is 5.75 Å². The largest absolute Gasteiger partial charge is 0.490 e. The van der Waals surface area contributed by atoms with Crippen LogP contribution in [0, 0.1) is 11.8 Å². The van der Waals surface area contributed by atoms with Crippen molar-refractivity contribution in [3.63, 3.8) is 0 Å². The molecule has 0 spiro atoms. The van der Waals surface area contributed by atoms with Gasteiger partial charge in [0.15, 0.2) is 0 Å². The molecule has 10 nitrogen and oxygen atoms in total. The quantitative estimate of drug-likeness (QED) is 0.382. The van der Waals surface area contributed by atoms with E-state index in [0.717, 1.165) is 57.9 Å². The summed E-state index contributed by atoms with van der Waals surface area (Å²) in [5, 5.41) is 13.2. The van der Waals surface area contributed by atoms with Crippen LogP contribution in [0.15, 0.2) is 18.2 Å². The van der Waals surface area contributed by atoms with Crippen molar-refractivity contribution in [1.82, 2.24) is 14.7 Å². The minimum Gasteiger partial charge on any atom is -0.490 e. The minimum absolute atomic E-state index is 0.0747. The maximum absolute atomic E-state index is 14.3. The summed E-state index contributed by atoms with van der Waals surface area (Å²) in [7, 11) is 5.81. The van der Waals surface area contributed by atoms with Gasteiger partial charge in [-0.3, -0.25) is 14.4 Å². The van der Waals surface area contributed by atoms with Crippen LogP contribution in [0.4, 0.5) is 5.69 Å². The standard InChI is InChI=1S/C35H58N4O6/c1-25-22-39(26(2)24-40)35(43)30-21-29(36-33(41)16-12-19-37(4)5)17-18-31(30)45-27(3)13-10-11-20-44-32(25)23-38(6)34(42)28-14-8-7-9-15-28/h17-18,21,25-28,32,40H,7-16,19-20,22-24H2,1-6H3,(H,36,41)/t25-,26+,27-,32+/m1/s1. The van der Waals surface area contributed by atoms with Gasteiger partial charge in [0.2, 0.25) is 11.8 Å². The number of anilines is 1. The second-order valence-corrected chi connectivity index (χ2v) is 13.5. The van der Waals surface area contributed by atoms with Crippen molar-refractivity contribution >= 4 is 23.4 Å². The fourth-order valence-corrected chi connectivity index (χ4v) is 6.26. The molecule has 0 bridgehead atoms. The van der Waals surface area contributed by atoms with Crippen molar-refractivity contribution in [2.45, 2.75) is 103 Å². The number of aliphatic hydroxyl groups is 1. The number of nitrogens with zero attached hydrogens (tertiary/aromatic N) is 3. The fourth-order valence-electron chi connectivity index (χ4n) is 6.26. The van der Waals surface area contributed by atoms with Crippen LogP contribution < -0.4 is 10.1 Å². The Balaban J connectivity index is 1.87. The Labute approximate surface area is 270 Å². The molecule has 254 valence electrons. The van der Waals surface area contributed by atoms with Crippen molar-refractivity contribution in [2.75, 3.05) is 59.3 Å². The van der Waals surface area contributed by atoms with Gasteiger partial charge in [0.1, 0.15) is 5.75 Å². The van der Waals surface area contributed by atoms with Crippen LogP contribution >= 0.6 is 0 Å². The Morgan fingerprint density at radius 3 is 2.47 bits per heavy atom. The number of amides is 3. The highest BCUT2D eigenvalue weighted by Crippen LogP contribution is 2.29. The van der Waals surface area contributed by atoms with Crippen molar-refractivity contribution in [3.05, 3.63) is 23.8 Å². The molecule has 1 heterocycles. The van der Waals surface area contributed by atoms with Crippen LogP contribution in [-0.4, -0.2) is 110 Å². The van der Waals surface area contributed by atoms with E-state index < -0.39 is 6.04 Å². The van der Waals surface area contributed by atoms with E-state index in [4.69, 9.17) is 9.47 Å². The predicted molar refractivity (Wildman–Crippen MR) is 178 cm³/mol. The number of benzene rings is 1. The molecule has 0 saturated heterocycles. The van der Waals surface area contributed by atoms with E-state index in [2.05, 4.69) is 5.32 Å². The lowest BCUT2D eigenvalue weighted by molar-refractivity contribution is -0.138. The monoisotopic (exact) mass is 630 g/mol. The second kappa shape index (κ2) is 18.5. The van der Waals surface area contributed by atoms with Gasteiger partial charge in [-0.15, -0.1) is 0 Å². The Morgan fingerprint density at radius 2 is 1.78 bits per heavy atom. The summed E-state index contributed by atoms with van der Waals surface area (Å²) in [6, 6.07) is 4.75. The molecule has 0 radical (unpaired) electrons. The SMILES string of the molecule is C[C@@H]1CCCCO[C@@H](CN(C)C(=O)C2CCCCC2)[C@H](C)CN([C@@H](C)CO)C(=O)c2cc(NC(=O)CCCN(C)C)ccc2O1. The van der Waals surface area contributed by atoms with Crippen LogP contribution in [0.2, 0.25) is 0 Å². The highest BCUT2D eigenvalue weighted by molar-refractivity contribution is 5.99. The minimum atomic E-state index is -0.468. The number of likely N-dealkylation sites (N-methyl/N-ethyl adjacent to an activating group) is 1. The molecule has 1 aliphatic heterocycles. The Kier molecular flexibility index (Phi) is 15.1. The molecular weight excluding hydrogens is 572 g/mol. The van der Waals surface area contributed by atoms with E-state index in [1.807, 2.05) is 51.7 Å². The molecule has 3 amide bonds. The number of nitrogens with one attached hydrogen (secondary N) is 1. The molecule has 4 atom stereocenters. The summed E-state index contributed by atoms with van der Waals surface area (Å²) >= 11 is 0. The molecule has 1 saturated carbocycles. The molecule has 45 heavy (non-hydrogen) atoms. The molecule has 1 aromatic rings. The molecule has 3 rings (SSSR count). The summed E-state index contributed by atoms with van der Waals surface area (Å²) < 4.78 is 12.7. The highest BCUT2D eigenvalue weighted by atomic mass is 16.5. The van der Waals surface area contributed by atoms with Gasteiger partial charge in [0.05, 0.1) is 30.4 Å². The van der Waals surface area contributed by atoms with E-state index in [1.165, 1.54) is 6.42 Å². The van der Waals surface area contributed by atoms with Gasteiger partial charge in [-0.05, 0) is 91.2 Å². The molecule has 0 unspecified atom stereocenters. The van der Waals surface area contributed by atoms with Crippen LogP contribution in [0.25, 0.3) is 0 Å². The van der Waals surface area contributed by atoms with E-state index in [0.29, 0.717) is 43.1 Å². The number of aliphatic hydroxyl groups excluding tert-OH is 1. The highest BCUT2D eigenvalue weighted by Gasteiger charge is 2.32. The molecule has 0 aromatic heterocycles. The van der Waals surface area contributed by atoms with Gasteiger partial charge in [0.25, 0.3) is 5.91 Å². The summed E-state index contributed by atoms with van der Waals surface area (Å²) in [4.78, 5) is 45.8. The molecule has 10 heteroatoms. The first-order chi connectivity index (χ1) is 21.5. The van der Waals surface area contributed by atoms with Crippen molar-refractivity contribution in [2.24, 2.45) is 11.8 Å². The lowest BCUT2D eigenvalue weighted by atomic mass is 9.88. The molecule has 1 aromatic carbocycles. The number of fused-ring (bicyclic) bond motifs is 1. The summed E-state index contributed by atoms with van der Waals surface area (Å²) in [6.45, 7) is 7.80. The number of carbonyl (C=O) groups excluding carboxylic acids is 3. The number of hydrogen-bond acceptors (Lipinski definition) is 7. The third-order valence-corrected chi connectivity index (χ3v) is 9.13. The first kappa shape index (κ1) is 36.8. The molecular formula is C35H58N4O6. The Bertz CT molecular complexity index is 1090. The topological polar surface area (TPSA) is 112 Å². The van der Waals surface area contributed by atoms with Gasteiger partial charge in [0, 0.05) is 50.7 Å². The average Bonchev–Trinajstić information content (AvgIpc) is 3.02. The summed E-state index contributed by atoms with van der Waals surface area (Å²) in [5.41, 5.74) is 0.877. The van der Waals surface area contributed by atoms with Crippen LogP contribution in [0.1, 0.15) is 95.3 Å². The molecule has 2 aliphatic rings. The zero-order chi connectivity index (χ0) is 32.9. The molecule has 1 fully saturated rings. The van der Waals surface area contributed by atoms with Gasteiger partial charge in [-0.1, -0.05) is 26.2 Å². The summed E-state index contributed by atoms with van der Waals surface area (Å²) in [5.74, 6) is 0.208. The van der Waals surface area contributed by atoms with Crippen molar-refractivity contribution < 1.29 is 29.0 Å². The summed E-state index contributed by atoms with van der Waals surface area (Å²) in [6.07, 6.45) is 8.53. The van der Waals surface area contributed by atoms with Crippen LogP contribution in [0.3, 0.4) is 0 Å². The second-order valence-electron chi connectivity index (χ2n) is 13.5. The lowest BCUT2D eigenvalue weighted by Crippen LogP contribution is -2.48. The van der Waals surface area contributed by atoms with Gasteiger partial charge in [-0.2, -0.15) is 0 Å². The smallest absolute Gasteiger partial charge is 0.258 e. The number of ether oxygens (including phenoxy) is 2. The van der Waals surface area contributed by atoms with Gasteiger partial charge < -0.3 is 34.6 Å². The first-order valence-electron chi connectivity index (χ1n) is 17.0. The van der Waals surface area contributed by atoms with E-state index in [1.54, 1.807) is 23.1 Å². The van der Waals surface area contributed by atoms with Gasteiger partial charge in [-0.25, -0.2) is 0 Å². The zero-order valence-corrected chi connectivity index (χ0v) is 28.6. The molecule has 1 aliphatic carbocycles. The fraction of sp³-hybridized carbons (Fsp3) is 0.743. The first-order valence-corrected chi connectivity index (χ1v) is 17.0. The zero-order valence-electron chi connectivity index (χ0n) is 28.6. The Hall–Kier alpha value is -2.69. The predicted octanol–water partition coefficient (Wildman–Crippen LogP) is 4.80. The number of rotatable bonds is 10. The maximum Gasteiger partial charge on any atom is 0.258 e. The van der Waals surface area contributed by atoms with Crippen molar-refractivity contribution in [1.29, 1.82) is 0 Å². The normalized spacial score (nSPS) is 23.1. The number of hydrogen-bond donors (Lipinski definition) is 2. The Morgan fingerprint density at radius 1 is 1.07 bits per heavy atom. The third kappa shape index (κ3) is 11.6. The lowest BCUT2D eigenvalue weighted by Gasteiger charge is -2.36. The maximum atomic E-state index is 14.3. The molecule has 2 N–H and O–H groups in total.